The molecule has 1 aromatic carbocycles. The van der Waals surface area contributed by atoms with Crippen LogP contribution in [0.5, 0.6) is 0 Å². The molecule has 122 valence electrons. The summed E-state index contributed by atoms with van der Waals surface area (Å²) >= 11 is 0. The first-order valence-electron chi connectivity index (χ1n) is 6.17. The predicted octanol–water partition coefficient (Wildman–Crippen LogP) is 1.30. The highest BCUT2D eigenvalue weighted by Gasteiger charge is 2.28. The first-order valence-corrected chi connectivity index (χ1v) is 6.17. The number of benzene rings is 1. The van der Waals surface area contributed by atoms with Gasteiger partial charge >= 0.3 is 11.9 Å². The molecule has 0 aromatic heterocycles. The van der Waals surface area contributed by atoms with E-state index in [1.165, 1.54) is 6.92 Å². The predicted molar refractivity (Wildman–Crippen MR) is 75.8 cm³/mol. The minimum atomic E-state index is -1.30. The van der Waals surface area contributed by atoms with Gasteiger partial charge in [0.25, 0.3) is 11.4 Å². The maximum absolute atomic E-state index is 12.0. The van der Waals surface area contributed by atoms with E-state index in [1.54, 1.807) is 0 Å². The Kier molecular flexibility index (Phi) is 5.62. The third-order valence-corrected chi connectivity index (χ3v) is 2.73. The molecule has 0 aliphatic heterocycles. The number of rotatable bonds is 6. The summed E-state index contributed by atoms with van der Waals surface area (Å²) in [5, 5.41) is 30.9. The van der Waals surface area contributed by atoms with Crippen LogP contribution < -0.4 is 0 Å². The molecule has 0 spiro atoms. The average molecular weight is 324 g/mol. The zero-order chi connectivity index (χ0) is 17.7. The number of esters is 2. The van der Waals surface area contributed by atoms with Crippen LogP contribution in [0, 0.1) is 20.2 Å². The number of hydrogen-bond donors (Lipinski definition) is 1. The van der Waals surface area contributed by atoms with Crippen molar-refractivity contribution in [2.75, 3.05) is 6.61 Å². The van der Waals surface area contributed by atoms with Gasteiger partial charge in [0.15, 0.2) is 0 Å². The molecule has 0 saturated heterocycles. The second-order valence-electron chi connectivity index (χ2n) is 4.44. The summed E-state index contributed by atoms with van der Waals surface area (Å²) in [6, 6.07) is 1.42. The molecule has 10 nitrogen and oxygen atoms in total. The zero-order valence-electron chi connectivity index (χ0n) is 12.0. The quantitative estimate of drug-likeness (QED) is 0.270. The number of hydrogen-bond acceptors (Lipinski definition) is 8. The normalized spacial score (nSPS) is 10.0. The standard InChI is InChI=1S/C13H12N2O8/c1-7(2)12(17)23-13(18)10-5-8(14(19)20)6-11(15(21)22)9(10)3-4-16/h5-6,16H,1,3-4H2,2H3. The fourth-order valence-corrected chi connectivity index (χ4v) is 1.69. The van der Waals surface area contributed by atoms with Gasteiger partial charge in [0.2, 0.25) is 0 Å². The Morgan fingerprint density at radius 1 is 1.26 bits per heavy atom. The molecule has 0 bridgehead atoms. The highest BCUT2D eigenvalue weighted by molar-refractivity contribution is 6.03. The van der Waals surface area contributed by atoms with Gasteiger partial charge in [0.1, 0.15) is 0 Å². The molecule has 1 N–H and O–H groups in total. The summed E-state index contributed by atoms with van der Waals surface area (Å²) in [6.45, 7) is 4.00. The highest BCUT2D eigenvalue weighted by Crippen LogP contribution is 2.29. The van der Waals surface area contributed by atoms with Crippen molar-refractivity contribution in [3.63, 3.8) is 0 Å². The van der Waals surface area contributed by atoms with Gasteiger partial charge in [-0.25, -0.2) is 9.59 Å². The smallest absolute Gasteiger partial charge is 0.346 e. The third-order valence-electron chi connectivity index (χ3n) is 2.73. The topological polar surface area (TPSA) is 150 Å². The van der Waals surface area contributed by atoms with Crippen molar-refractivity contribution < 1.29 is 29.3 Å². The van der Waals surface area contributed by atoms with Gasteiger partial charge in [0.05, 0.1) is 21.5 Å². The minimum Gasteiger partial charge on any atom is -0.396 e. The molecule has 23 heavy (non-hydrogen) atoms. The molecule has 0 unspecified atom stereocenters. The van der Waals surface area contributed by atoms with Crippen LogP contribution in [-0.2, 0) is 16.0 Å². The van der Waals surface area contributed by atoms with Crippen LogP contribution in [-0.4, -0.2) is 33.5 Å². The molecule has 0 heterocycles. The SMILES string of the molecule is C=C(C)C(=O)OC(=O)c1cc([N+](=O)[O-])cc([N+](=O)[O-])c1CCO. The fourth-order valence-electron chi connectivity index (χ4n) is 1.69. The van der Waals surface area contributed by atoms with Gasteiger partial charge in [-0.3, -0.25) is 20.2 Å². The average Bonchev–Trinajstić information content (AvgIpc) is 2.46. The number of nitro groups is 2. The summed E-state index contributed by atoms with van der Waals surface area (Å²) < 4.78 is 4.45. The first kappa shape index (κ1) is 17.9. The second-order valence-corrected chi connectivity index (χ2v) is 4.44. The Morgan fingerprint density at radius 3 is 2.30 bits per heavy atom. The van der Waals surface area contributed by atoms with E-state index in [-0.39, 0.29) is 17.6 Å². The van der Waals surface area contributed by atoms with E-state index >= 15 is 0 Å². The maximum Gasteiger partial charge on any atom is 0.346 e. The molecule has 0 fully saturated rings. The number of carbonyl (C=O) groups excluding carboxylic acids is 2. The molecular formula is C13H12N2O8. The van der Waals surface area contributed by atoms with Crippen molar-refractivity contribution in [2.45, 2.75) is 13.3 Å². The van der Waals surface area contributed by atoms with Crippen molar-refractivity contribution >= 4 is 23.3 Å². The van der Waals surface area contributed by atoms with Crippen LogP contribution in [0.1, 0.15) is 22.8 Å². The van der Waals surface area contributed by atoms with Crippen LogP contribution in [0.3, 0.4) is 0 Å². The van der Waals surface area contributed by atoms with Crippen LogP contribution in [0.25, 0.3) is 0 Å². The number of non-ortho nitro benzene ring substituents is 1. The minimum absolute atomic E-state index is 0.0954. The number of ether oxygens (including phenoxy) is 1. The van der Waals surface area contributed by atoms with Crippen LogP contribution in [0.4, 0.5) is 11.4 Å². The van der Waals surface area contributed by atoms with Crippen molar-refractivity contribution in [2.24, 2.45) is 0 Å². The summed E-state index contributed by atoms with van der Waals surface area (Å²) in [4.78, 5) is 43.4. The largest absolute Gasteiger partial charge is 0.396 e. The molecule has 0 aliphatic rings. The molecular weight excluding hydrogens is 312 g/mol. The van der Waals surface area contributed by atoms with Gasteiger partial charge < -0.3 is 9.84 Å². The summed E-state index contributed by atoms with van der Waals surface area (Å²) in [5.41, 5.74) is -2.32. The summed E-state index contributed by atoms with van der Waals surface area (Å²) in [7, 11) is 0. The molecule has 0 radical (unpaired) electrons. The van der Waals surface area contributed by atoms with E-state index in [0.717, 1.165) is 6.07 Å². The summed E-state index contributed by atoms with van der Waals surface area (Å²) in [5.74, 6) is -2.37. The van der Waals surface area contributed by atoms with E-state index in [0.29, 0.717) is 6.07 Å². The van der Waals surface area contributed by atoms with Crippen molar-refractivity contribution in [3.8, 4) is 0 Å². The summed E-state index contributed by atoms with van der Waals surface area (Å²) in [6.07, 6.45) is -0.319. The van der Waals surface area contributed by atoms with Crippen LogP contribution in [0.2, 0.25) is 0 Å². The van der Waals surface area contributed by atoms with E-state index in [2.05, 4.69) is 11.3 Å². The number of nitrogens with zero attached hydrogens (tertiary/aromatic N) is 2. The number of carbonyl (C=O) groups is 2. The molecule has 0 amide bonds. The van der Waals surface area contributed by atoms with Crippen LogP contribution >= 0.6 is 0 Å². The van der Waals surface area contributed by atoms with E-state index in [9.17, 15) is 29.8 Å². The monoisotopic (exact) mass is 324 g/mol. The van der Waals surface area contributed by atoms with Crippen LogP contribution in [0.15, 0.2) is 24.3 Å². The van der Waals surface area contributed by atoms with E-state index in [1.807, 2.05) is 0 Å². The number of aliphatic hydroxyl groups is 1. The van der Waals surface area contributed by atoms with Crippen molar-refractivity contribution in [3.05, 3.63) is 55.6 Å². The molecule has 0 atom stereocenters. The Hall–Kier alpha value is -3.14. The van der Waals surface area contributed by atoms with Crippen molar-refractivity contribution in [1.29, 1.82) is 0 Å². The fraction of sp³-hybridized carbons (Fsp3) is 0.231. The van der Waals surface area contributed by atoms with Gasteiger partial charge in [0, 0.05) is 30.2 Å². The Morgan fingerprint density at radius 2 is 1.87 bits per heavy atom. The Balaban J connectivity index is 3.50. The number of nitro benzene ring substituents is 2. The van der Waals surface area contributed by atoms with Gasteiger partial charge in [-0.2, -0.15) is 0 Å². The molecule has 1 rings (SSSR count). The second kappa shape index (κ2) is 7.22. The first-order chi connectivity index (χ1) is 10.7. The van der Waals surface area contributed by atoms with E-state index in [4.69, 9.17) is 5.11 Å². The molecule has 10 heteroatoms. The lowest BCUT2D eigenvalue weighted by atomic mass is 10.0. The molecule has 0 aliphatic carbocycles. The molecule has 0 saturated carbocycles. The van der Waals surface area contributed by atoms with Gasteiger partial charge in [-0.15, -0.1) is 0 Å². The Labute approximate surface area is 129 Å². The maximum atomic E-state index is 12.0. The van der Waals surface area contributed by atoms with Crippen molar-refractivity contribution in [1.82, 2.24) is 0 Å². The third kappa shape index (κ3) is 4.17. The Bertz CT molecular complexity index is 710. The lowest BCUT2D eigenvalue weighted by Crippen LogP contribution is -2.16. The molecule has 1 aromatic rings. The lowest BCUT2D eigenvalue weighted by molar-refractivity contribution is -0.394. The van der Waals surface area contributed by atoms with Gasteiger partial charge in [-0.05, 0) is 6.92 Å². The number of aliphatic hydroxyl groups excluding tert-OH is 1. The highest BCUT2D eigenvalue weighted by atomic mass is 16.6. The van der Waals surface area contributed by atoms with Gasteiger partial charge in [-0.1, -0.05) is 6.58 Å². The lowest BCUT2D eigenvalue weighted by Gasteiger charge is -2.08. The van der Waals surface area contributed by atoms with E-state index < -0.39 is 45.3 Å². The zero-order valence-corrected chi connectivity index (χ0v) is 12.0.